The van der Waals surface area contributed by atoms with Crippen LogP contribution in [0.1, 0.15) is 12.5 Å². The standard InChI is InChI=1S/C24H23NO4/c1-2-27-19-8-10-20(11-9-19)28-14-13-25-16-18-15-23(26)29-22-12-7-17-5-3-4-6-21(17)24(18)22/h3-12,15,25H,2,13-14,16H2,1H3/p+1. The molecule has 3 aromatic carbocycles. The molecule has 5 heteroatoms. The van der Waals surface area contributed by atoms with Crippen molar-refractivity contribution in [3.8, 4) is 11.5 Å². The number of benzene rings is 3. The average molecular weight is 390 g/mol. The second kappa shape index (κ2) is 8.80. The van der Waals surface area contributed by atoms with E-state index in [1.165, 1.54) is 0 Å². The zero-order valence-corrected chi connectivity index (χ0v) is 16.4. The van der Waals surface area contributed by atoms with Gasteiger partial charge in [-0.15, -0.1) is 0 Å². The van der Waals surface area contributed by atoms with Gasteiger partial charge in [0.2, 0.25) is 0 Å². The third-order valence-corrected chi connectivity index (χ3v) is 4.80. The van der Waals surface area contributed by atoms with Gasteiger partial charge in [-0.05, 0) is 48.0 Å². The second-order valence-corrected chi connectivity index (χ2v) is 6.78. The summed E-state index contributed by atoms with van der Waals surface area (Å²) in [4.78, 5) is 12.0. The van der Waals surface area contributed by atoms with Crippen molar-refractivity contribution in [3.05, 3.63) is 82.7 Å². The summed E-state index contributed by atoms with van der Waals surface area (Å²) in [6.45, 7) is 4.65. The van der Waals surface area contributed by atoms with Crippen molar-refractivity contribution < 1.29 is 19.2 Å². The molecular weight excluding hydrogens is 366 g/mol. The van der Waals surface area contributed by atoms with E-state index in [0.717, 1.165) is 39.8 Å². The summed E-state index contributed by atoms with van der Waals surface area (Å²) in [7, 11) is 0. The highest BCUT2D eigenvalue weighted by Crippen LogP contribution is 2.26. The van der Waals surface area contributed by atoms with Crippen LogP contribution in [-0.4, -0.2) is 19.8 Å². The summed E-state index contributed by atoms with van der Waals surface area (Å²) in [5.41, 5.74) is 1.29. The van der Waals surface area contributed by atoms with Gasteiger partial charge in [-0.25, -0.2) is 4.79 Å². The monoisotopic (exact) mass is 390 g/mol. The van der Waals surface area contributed by atoms with Gasteiger partial charge < -0.3 is 19.2 Å². The molecule has 4 aromatic rings. The Morgan fingerprint density at radius 2 is 1.69 bits per heavy atom. The maximum atomic E-state index is 12.0. The average Bonchev–Trinajstić information content (AvgIpc) is 2.74. The number of rotatable bonds is 8. The highest BCUT2D eigenvalue weighted by atomic mass is 16.5. The molecule has 0 fully saturated rings. The molecule has 0 radical (unpaired) electrons. The normalized spacial score (nSPS) is 11.1. The van der Waals surface area contributed by atoms with Crippen molar-refractivity contribution in [1.29, 1.82) is 0 Å². The maximum absolute atomic E-state index is 12.0. The third-order valence-electron chi connectivity index (χ3n) is 4.80. The van der Waals surface area contributed by atoms with E-state index >= 15 is 0 Å². The molecule has 148 valence electrons. The van der Waals surface area contributed by atoms with Crippen molar-refractivity contribution in [1.82, 2.24) is 0 Å². The number of quaternary nitrogens is 1. The van der Waals surface area contributed by atoms with Gasteiger partial charge in [-0.3, -0.25) is 0 Å². The fraction of sp³-hybridized carbons (Fsp3) is 0.208. The molecule has 0 spiro atoms. The van der Waals surface area contributed by atoms with Crippen LogP contribution in [0.2, 0.25) is 0 Å². The maximum Gasteiger partial charge on any atom is 0.336 e. The summed E-state index contributed by atoms with van der Waals surface area (Å²) in [6, 6.07) is 21.2. The summed E-state index contributed by atoms with van der Waals surface area (Å²) in [5, 5.41) is 5.38. The molecule has 1 aromatic heterocycles. The van der Waals surface area contributed by atoms with Crippen molar-refractivity contribution in [2.75, 3.05) is 19.8 Å². The lowest BCUT2D eigenvalue weighted by atomic mass is 10.0. The summed E-state index contributed by atoms with van der Waals surface area (Å²) < 4.78 is 16.6. The quantitative estimate of drug-likeness (QED) is 0.284. The lowest BCUT2D eigenvalue weighted by molar-refractivity contribution is -0.670. The first-order valence-electron chi connectivity index (χ1n) is 9.86. The summed E-state index contributed by atoms with van der Waals surface area (Å²) in [6.07, 6.45) is 0. The van der Waals surface area contributed by atoms with Crippen molar-refractivity contribution in [2.45, 2.75) is 13.5 Å². The number of fused-ring (bicyclic) bond motifs is 3. The van der Waals surface area contributed by atoms with Crippen LogP contribution in [0, 0.1) is 0 Å². The number of ether oxygens (including phenoxy) is 2. The smallest absolute Gasteiger partial charge is 0.336 e. The van der Waals surface area contributed by atoms with Crippen LogP contribution in [0.25, 0.3) is 21.7 Å². The van der Waals surface area contributed by atoms with Gasteiger partial charge in [0, 0.05) is 17.0 Å². The van der Waals surface area contributed by atoms with Crippen LogP contribution in [0.3, 0.4) is 0 Å². The summed E-state index contributed by atoms with van der Waals surface area (Å²) >= 11 is 0. The first-order valence-corrected chi connectivity index (χ1v) is 9.86. The first-order chi connectivity index (χ1) is 14.2. The Balaban J connectivity index is 1.42. The molecule has 2 N–H and O–H groups in total. The number of nitrogens with two attached hydrogens (primary N) is 1. The molecule has 0 saturated heterocycles. The molecular formula is C24H24NO4+. The lowest BCUT2D eigenvalue weighted by Gasteiger charge is -2.09. The zero-order chi connectivity index (χ0) is 20.1. The topological polar surface area (TPSA) is 65.3 Å². The lowest BCUT2D eigenvalue weighted by Crippen LogP contribution is -2.83. The van der Waals surface area contributed by atoms with E-state index in [4.69, 9.17) is 13.9 Å². The van der Waals surface area contributed by atoms with Crippen molar-refractivity contribution >= 4 is 21.7 Å². The van der Waals surface area contributed by atoms with Crippen LogP contribution < -0.4 is 20.4 Å². The number of hydrogen-bond acceptors (Lipinski definition) is 4. The Kier molecular flexibility index (Phi) is 5.77. The van der Waals surface area contributed by atoms with Gasteiger partial charge in [0.1, 0.15) is 36.8 Å². The van der Waals surface area contributed by atoms with Crippen LogP contribution in [0.15, 0.2) is 75.9 Å². The van der Waals surface area contributed by atoms with Crippen molar-refractivity contribution in [2.24, 2.45) is 0 Å². The van der Waals surface area contributed by atoms with Gasteiger partial charge in [0.25, 0.3) is 0 Å². The minimum absolute atomic E-state index is 0.318. The van der Waals surface area contributed by atoms with Gasteiger partial charge in [0.05, 0.1) is 6.61 Å². The molecule has 0 aliphatic carbocycles. The van der Waals surface area contributed by atoms with E-state index in [9.17, 15) is 4.79 Å². The van der Waals surface area contributed by atoms with E-state index in [0.29, 0.717) is 25.3 Å². The molecule has 4 rings (SSSR count). The molecule has 0 bridgehead atoms. The predicted molar refractivity (Wildman–Crippen MR) is 114 cm³/mol. The molecule has 29 heavy (non-hydrogen) atoms. The second-order valence-electron chi connectivity index (χ2n) is 6.78. The largest absolute Gasteiger partial charge is 0.494 e. The Morgan fingerprint density at radius 3 is 2.48 bits per heavy atom. The predicted octanol–water partition coefficient (Wildman–Crippen LogP) is 3.49. The Bertz CT molecular complexity index is 1170. The Morgan fingerprint density at radius 1 is 0.931 bits per heavy atom. The van der Waals surface area contributed by atoms with Crippen molar-refractivity contribution in [3.63, 3.8) is 0 Å². The van der Waals surface area contributed by atoms with E-state index in [2.05, 4.69) is 17.4 Å². The van der Waals surface area contributed by atoms with Gasteiger partial charge in [-0.1, -0.05) is 30.3 Å². The fourth-order valence-electron chi connectivity index (χ4n) is 3.50. The van der Waals surface area contributed by atoms with E-state index < -0.39 is 0 Å². The molecule has 0 aliphatic rings. The minimum atomic E-state index is -0.318. The summed E-state index contributed by atoms with van der Waals surface area (Å²) in [5.74, 6) is 1.66. The molecule has 0 atom stereocenters. The highest BCUT2D eigenvalue weighted by molar-refractivity contribution is 6.06. The minimum Gasteiger partial charge on any atom is -0.494 e. The van der Waals surface area contributed by atoms with Crippen LogP contribution in [-0.2, 0) is 6.54 Å². The van der Waals surface area contributed by atoms with Crippen LogP contribution >= 0.6 is 0 Å². The van der Waals surface area contributed by atoms with Crippen LogP contribution in [0.4, 0.5) is 0 Å². The Labute approximate surface area is 168 Å². The van der Waals surface area contributed by atoms with Gasteiger partial charge >= 0.3 is 5.63 Å². The van der Waals surface area contributed by atoms with E-state index in [-0.39, 0.29) is 5.63 Å². The molecule has 0 aliphatic heterocycles. The highest BCUT2D eigenvalue weighted by Gasteiger charge is 2.10. The first kappa shape index (κ1) is 19.0. The molecule has 0 amide bonds. The zero-order valence-electron chi connectivity index (χ0n) is 16.4. The van der Waals surface area contributed by atoms with E-state index in [1.54, 1.807) is 6.07 Å². The van der Waals surface area contributed by atoms with Gasteiger partial charge in [-0.2, -0.15) is 0 Å². The van der Waals surface area contributed by atoms with E-state index in [1.807, 2.05) is 55.5 Å². The van der Waals surface area contributed by atoms with Crippen LogP contribution in [0.5, 0.6) is 11.5 Å². The molecule has 0 unspecified atom stereocenters. The molecule has 1 heterocycles. The Hall–Kier alpha value is -3.31. The SMILES string of the molecule is CCOc1ccc(OCC[NH2+]Cc2cc(=O)oc3ccc4ccccc4c23)cc1. The molecule has 0 saturated carbocycles. The number of hydrogen-bond donors (Lipinski definition) is 1. The molecule has 5 nitrogen and oxygen atoms in total. The van der Waals surface area contributed by atoms with Gasteiger partial charge in [0.15, 0.2) is 0 Å². The third kappa shape index (κ3) is 4.41. The fourth-order valence-corrected chi connectivity index (χ4v) is 3.50.